The number of nitrogens with zero attached hydrogens (tertiary/aromatic N) is 4. The topological polar surface area (TPSA) is 22.1 Å². The van der Waals surface area contributed by atoms with Crippen molar-refractivity contribution in [3.8, 4) is 0 Å². The molecule has 1 fully saturated rings. The number of rotatable bonds is 4. The van der Waals surface area contributed by atoms with Gasteiger partial charge in [-0.2, -0.15) is 0 Å². The van der Waals surface area contributed by atoms with Crippen molar-refractivity contribution in [2.24, 2.45) is 16.8 Å². The van der Waals surface area contributed by atoms with E-state index in [-0.39, 0.29) is 0 Å². The van der Waals surface area contributed by atoms with Crippen molar-refractivity contribution < 1.29 is 0 Å². The Kier molecular flexibility index (Phi) is 5.93. The van der Waals surface area contributed by atoms with Gasteiger partial charge in [-0.1, -0.05) is 13.8 Å². The van der Waals surface area contributed by atoms with Crippen LogP contribution in [0.15, 0.2) is 4.99 Å². The molecule has 0 radical (unpaired) electrons. The molecule has 18 heavy (non-hydrogen) atoms. The summed E-state index contributed by atoms with van der Waals surface area (Å²) in [7, 11) is 8.22. The fourth-order valence-electron chi connectivity index (χ4n) is 2.64. The third kappa shape index (κ3) is 4.84. The number of likely N-dealkylation sites (tertiary alicyclic amines) is 1. The lowest BCUT2D eigenvalue weighted by Crippen LogP contribution is -2.36. The third-order valence-corrected chi connectivity index (χ3v) is 3.28. The van der Waals surface area contributed by atoms with Gasteiger partial charge in [-0.05, 0) is 24.8 Å². The molecule has 0 aliphatic carbocycles. The Morgan fingerprint density at radius 1 is 1.22 bits per heavy atom. The minimum Gasteiger partial charge on any atom is -0.349 e. The van der Waals surface area contributed by atoms with Crippen LogP contribution in [0.5, 0.6) is 0 Å². The van der Waals surface area contributed by atoms with Gasteiger partial charge in [0, 0.05) is 47.8 Å². The van der Waals surface area contributed by atoms with Gasteiger partial charge in [0.25, 0.3) is 0 Å². The Balaban J connectivity index is 2.42. The molecule has 106 valence electrons. The summed E-state index contributed by atoms with van der Waals surface area (Å²) in [5.74, 6) is 2.57. The molecule has 0 aromatic carbocycles. The molecule has 1 heterocycles. The fraction of sp³-hybridized carbons (Fsp3) is 0.929. The monoisotopic (exact) mass is 254 g/mol. The zero-order valence-electron chi connectivity index (χ0n) is 13.0. The number of aliphatic imine (C=N–C) groups is 1. The van der Waals surface area contributed by atoms with E-state index < -0.39 is 0 Å². The minimum absolute atomic E-state index is 0.735. The van der Waals surface area contributed by atoms with E-state index in [1.807, 2.05) is 0 Å². The molecular weight excluding hydrogens is 224 g/mol. The largest absolute Gasteiger partial charge is 0.349 e. The van der Waals surface area contributed by atoms with E-state index >= 15 is 0 Å². The summed E-state index contributed by atoms with van der Waals surface area (Å²) in [5.41, 5.74) is 0. The van der Waals surface area contributed by atoms with Crippen molar-refractivity contribution in [3.63, 3.8) is 0 Å². The van der Waals surface area contributed by atoms with Crippen LogP contribution in [0.4, 0.5) is 0 Å². The highest BCUT2D eigenvalue weighted by molar-refractivity contribution is 5.79. The molecule has 1 atom stereocenters. The molecule has 0 spiro atoms. The fourth-order valence-corrected chi connectivity index (χ4v) is 2.64. The number of hydrogen-bond acceptors (Lipinski definition) is 2. The Labute approximate surface area is 113 Å². The molecule has 0 aromatic rings. The van der Waals surface area contributed by atoms with Crippen LogP contribution >= 0.6 is 0 Å². The Bertz CT molecular complexity index is 261. The van der Waals surface area contributed by atoms with E-state index in [0.29, 0.717) is 0 Å². The summed E-state index contributed by atoms with van der Waals surface area (Å²) in [5, 5.41) is 0. The SMILES string of the molecule is CC(C)CN1CCC(CN=C(N(C)C)N(C)C)C1. The normalized spacial score (nSPS) is 20.3. The van der Waals surface area contributed by atoms with E-state index in [4.69, 9.17) is 4.99 Å². The van der Waals surface area contributed by atoms with E-state index in [9.17, 15) is 0 Å². The van der Waals surface area contributed by atoms with Crippen LogP contribution in [0.3, 0.4) is 0 Å². The lowest BCUT2D eigenvalue weighted by molar-refractivity contribution is 0.288. The quantitative estimate of drug-likeness (QED) is 0.560. The summed E-state index contributed by atoms with van der Waals surface area (Å²) >= 11 is 0. The van der Waals surface area contributed by atoms with Gasteiger partial charge in [0.2, 0.25) is 0 Å². The van der Waals surface area contributed by atoms with Gasteiger partial charge in [-0.3, -0.25) is 4.99 Å². The first kappa shape index (κ1) is 15.3. The molecule has 1 rings (SSSR count). The Morgan fingerprint density at radius 3 is 2.33 bits per heavy atom. The standard InChI is InChI=1S/C14H30N4/c1-12(2)10-18-8-7-13(11-18)9-15-14(16(3)4)17(5)6/h12-13H,7-11H2,1-6H3. The Morgan fingerprint density at radius 2 is 1.83 bits per heavy atom. The molecule has 0 amide bonds. The average Bonchev–Trinajstić information content (AvgIpc) is 2.63. The molecule has 0 N–H and O–H groups in total. The first-order valence-corrected chi connectivity index (χ1v) is 7.01. The minimum atomic E-state index is 0.735. The molecule has 0 aromatic heterocycles. The maximum Gasteiger partial charge on any atom is 0.195 e. The van der Waals surface area contributed by atoms with Gasteiger partial charge in [0.15, 0.2) is 5.96 Å². The average molecular weight is 254 g/mol. The highest BCUT2D eigenvalue weighted by atomic mass is 15.3. The highest BCUT2D eigenvalue weighted by Gasteiger charge is 2.22. The maximum absolute atomic E-state index is 4.76. The van der Waals surface area contributed by atoms with Crippen LogP contribution in [-0.4, -0.2) is 75.0 Å². The van der Waals surface area contributed by atoms with Gasteiger partial charge in [-0.15, -0.1) is 0 Å². The van der Waals surface area contributed by atoms with E-state index in [2.05, 4.69) is 56.7 Å². The first-order valence-electron chi connectivity index (χ1n) is 7.01. The highest BCUT2D eigenvalue weighted by Crippen LogP contribution is 2.17. The van der Waals surface area contributed by atoms with Crippen molar-refractivity contribution in [1.29, 1.82) is 0 Å². The van der Waals surface area contributed by atoms with Crippen molar-refractivity contribution in [3.05, 3.63) is 0 Å². The van der Waals surface area contributed by atoms with Crippen molar-refractivity contribution in [2.75, 3.05) is 54.4 Å². The van der Waals surface area contributed by atoms with Crippen molar-refractivity contribution >= 4 is 5.96 Å². The molecule has 1 unspecified atom stereocenters. The van der Waals surface area contributed by atoms with Crippen molar-refractivity contribution in [2.45, 2.75) is 20.3 Å². The molecule has 1 aliphatic rings. The van der Waals surface area contributed by atoms with Gasteiger partial charge in [-0.25, -0.2) is 0 Å². The van der Waals surface area contributed by atoms with Gasteiger partial charge < -0.3 is 14.7 Å². The molecule has 0 saturated carbocycles. The summed E-state index contributed by atoms with van der Waals surface area (Å²) in [4.78, 5) is 11.5. The van der Waals surface area contributed by atoms with E-state index in [0.717, 1.165) is 24.3 Å². The van der Waals surface area contributed by atoms with Gasteiger partial charge in [0.05, 0.1) is 0 Å². The lowest BCUT2D eigenvalue weighted by Gasteiger charge is -2.23. The van der Waals surface area contributed by atoms with Crippen LogP contribution < -0.4 is 0 Å². The summed E-state index contributed by atoms with van der Waals surface area (Å²) < 4.78 is 0. The second kappa shape index (κ2) is 6.98. The van der Waals surface area contributed by atoms with Crippen molar-refractivity contribution in [1.82, 2.24) is 14.7 Å². The third-order valence-electron chi connectivity index (χ3n) is 3.28. The second-order valence-electron chi connectivity index (χ2n) is 6.24. The molecular formula is C14H30N4. The van der Waals surface area contributed by atoms with Crippen LogP contribution in [0.2, 0.25) is 0 Å². The molecule has 1 saturated heterocycles. The van der Waals surface area contributed by atoms with Gasteiger partial charge >= 0.3 is 0 Å². The van der Waals surface area contributed by atoms with Crippen LogP contribution in [0.1, 0.15) is 20.3 Å². The van der Waals surface area contributed by atoms with Gasteiger partial charge in [0.1, 0.15) is 0 Å². The smallest absolute Gasteiger partial charge is 0.195 e. The molecule has 0 bridgehead atoms. The lowest BCUT2D eigenvalue weighted by atomic mass is 10.1. The van der Waals surface area contributed by atoms with Crippen LogP contribution in [-0.2, 0) is 0 Å². The predicted molar refractivity (Wildman–Crippen MR) is 79.1 cm³/mol. The summed E-state index contributed by atoms with van der Waals surface area (Å²) in [6.45, 7) is 9.24. The van der Waals surface area contributed by atoms with Crippen LogP contribution in [0.25, 0.3) is 0 Å². The summed E-state index contributed by atoms with van der Waals surface area (Å²) in [6, 6.07) is 0. The van der Waals surface area contributed by atoms with E-state index in [1.165, 1.54) is 26.1 Å². The van der Waals surface area contributed by atoms with Crippen LogP contribution in [0, 0.1) is 11.8 Å². The maximum atomic E-state index is 4.76. The zero-order chi connectivity index (χ0) is 13.7. The Hall–Kier alpha value is -0.770. The van der Waals surface area contributed by atoms with E-state index in [1.54, 1.807) is 0 Å². The molecule has 4 nitrogen and oxygen atoms in total. The number of hydrogen-bond donors (Lipinski definition) is 0. The number of guanidine groups is 1. The molecule has 1 aliphatic heterocycles. The second-order valence-corrected chi connectivity index (χ2v) is 6.24. The predicted octanol–water partition coefficient (Wildman–Crippen LogP) is 1.44. The summed E-state index contributed by atoms with van der Waals surface area (Å²) in [6.07, 6.45) is 1.30. The zero-order valence-corrected chi connectivity index (χ0v) is 13.0. The first-order chi connectivity index (χ1) is 8.40. The molecule has 4 heteroatoms.